The fourth-order valence-corrected chi connectivity index (χ4v) is 1.76. The Bertz CT molecular complexity index is 447. The fraction of sp³-hybridized carbons (Fsp3) is 0.417. The van der Waals surface area contributed by atoms with Crippen LogP contribution in [0.1, 0.15) is 17.4 Å². The Morgan fingerprint density at radius 3 is 2.47 bits per heavy atom. The third-order valence-electron chi connectivity index (χ3n) is 2.52. The van der Waals surface area contributed by atoms with E-state index in [1.807, 2.05) is 0 Å². The monoisotopic (exact) mass is 235 g/mol. The maximum atomic E-state index is 9.07. The van der Waals surface area contributed by atoms with Crippen LogP contribution in [0.2, 0.25) is 0 Å². The molecule has 0 unspecified atom stereocenters. The van der Waals surface area contributed by atoms with Gasteiger partial charge in [0.05, 0.1) is 33.0 Å². The number of ether oxygens (including phenoxy) is 4. The van der Waals surface area contributed by atoms with Crippen molar-refractivity contribution >= 4 is 0 Å². The van der Waals surface area contributed by atoms with Gasteiger partial charge >= 0.3 is 0 Å². The van der Waals surface area contributed by atoms with Crippen LogP contribution in [0.15, 0.2) is 12.1 Å². The molecule has 2 rings (SSSR count). The van der Waals surface area contributed by atoms with Crippen molar-refractivity contribution in [2.45, 2.75) is 6.29 Å². The molecular weight excluding hydrogens is 222 g/mol. The average molecular weight is 235 g/mol. The van der Waals surface area contributed by atoms with Crippen molar-refractivity contribution in [2.75, 3.05) is 27.4 Å². The largest absolute Gasteiger partial charge is 0.493 e. The van der Waals surface area contributed by atoms with E-state index in [2.05, 4.69) is 6.07 Å². The van der Waals surface area contributed by atoms with Gasteiger partial charge in [0.1, 0.15) is 6.07 Å². The lowest BCUT2D eigenvalue weighted by atomic mass is 10.1. The van der Waals surface area contributed by atoms with Crippen LogP contribution in [0, 0.1) is 11.3 Å². The summed E-state index contributed by atoms with van der Waals surface area (Å²) < 4.78 is 21.1. The van der Waals surface area contributed by atoms with Gasteiger partial charge in [-0.3, -0.25) is 0 Å². The molecule has 0 amide bonds. The molecule has 5 nitrogen and oxygen atoms in total. The van der Waals surface area contributed by atoms with E-state index >= 15 is 0 Å². The second-order valence-corrected chi connectivity index (χ2v) is 3.49. The molecule has 0 radical (unpaired) electrons. The van der Waals surface area contributed by atoms with Gasteiger partial charge in [-0.15, -0.1) is 0 Å². The summed E-state index contributed by atoms with van der Waals surface area (Å²) >= 11 is 0. The van der Waals surface area contributed by atoms with Crippen molar-refractivity contribution in [3.8, 4) is 17.6 Å². The zero-order valence-electron chi connectivity index (χ0n) is 9.73. The Morgan fingerprint density at radius 2 is 1.94 bits per heavy atom. The van der Waals surface area contributed by atoms with Crippen molar-refractivity contribution in [1.29, 1.82) is 5.26 Å². The van der Waals surface area contributed by atoms with Crippen LogP contribution in [0.3, 0.4) is 0 Å². The van der Waals surface area contributed by atoms with Crippen molar-refractivity contribution in [2.24, 2.45) is 0 Å². The van der Waals surface area contributed by atoms with Crippen molar-refractivity contribution < 1.29 is 18.9 Å². The summed E-state index contributed by atoms with van der Waals surface area (Å²) in [5.74, 6) is 0.928. The number of benzene rings is 1. The van der Waals surface area contributed by atoms with E-state index in [0.29, 0.717) is 30.3 Å². The minimum absolute atomic E-state index is 0.404. The molecule has 1 aliphatic rings. The summed E-state index contributed by atoms with van der Waals surface area (Å²) in [5.41, 5.74) is 1.16. The smallest absolute Gasteiger partial charge is 0.184 e. The predicted molar refractivity (Wildman–Crippen MR) is 58.9 cm³/mol. The minimum Gasteiger partial charge on any atom is -0.493 e. The molecule has 1 aliphatic heterocycles. The molecule has 0 aliphatic carbocycles. The van der Waals surface area contributed by atoms with E-state index in [-0.39, 0.29) is 0 Å². The van der Waals surface area contributed by atoms with Crippen molar-refractivity contribution in [3.63, 3.8) is 0 Å². The summed E-state index contributed by atoms with van der Waals surface area (Å²) in [4.78, 5) is 0. The quantitative estimate of drug-likeness (QED) is 0.796. The first kappa shape index (κ1) is 11.7. The molecule has 0 bridgehead atoms. The molecule has 1 heterocycles. The van der Waals surface area contributed by atoms with Gasteiger partial charge in [-0.25, -0.2) is 0 Å². The molecule has 1 aromatic carbocycles. The lowest BCUT2D eigenvalue weighted by Crippen LogP contribution is -2.01. The van der Waals surface area contributed by atoms with Gasteiger partial charge in [0.25, 0.3) is 0 Å². The van der Waals surface area contributed by atoms with Crippen LogP contribution >= 0.6 is 0 Å². The summed E-state index contributed by atoms with van der Waals surface area (Å²) in [5, 5.41) is 9.07. The van der Waals surface area contributed by atoms with Gasteiger partial charge in [0.2, 0.25) is 0 Å². The molecular formula is C12H13NO4. The molecule has 1 saturated heterocycles. The number of rotatable bonds is 3. The van der Waals surface area contributed by atoms with Gasteiger partial charge in [-0.05, 0) is 12.1 Å². The Balaban J connectivity index is 2.45. The Kier molecular flexibility index (Phi) is 3.47. The minimum atomic E-state index is -0.429. The molecule has 0 N–H and O–H groups in total. The van der Waals surface area contributed by atoms with Crippen molar-refractivity contribution in [1.82, 2.24) is 0 Å². The maximum Gasteiger partial charge on any atom is 0.184 e. The molecule has 0 spiro atoms. The molecule has 90 valence electrons. The number of hydrogen-bond acceptors (Lipinski definition) is 5. The van der Waals surface area contributed by atoms with Gasteiger partial charge in [0.15, 0.2) is 17.8 Å². The van der Waals surface area contributed by atoms with Gasteiger partial charge in [0, 0.05) is 5.56 Å². The van der Waals surface area contributed by atoms with Crippen LogP contribution in [0.4, 0.5) is 0 Å². The Morgan fingerprint density at radius 1 is 1.24 bits per heavy atom. The van der Waals surface area contributed by atoms with E-state index in [9.17, 15) is 0 Å². The van der Waals surface area contributed by atoms with E-state index in [4.69, 9.17) is 24.2 Å². The normalized spacial score (nSPS) is 15.6. The van der Waals surface area contributed by atoms with Crippen LogP contribution in [-0.2, 0) is 9.47 Å². The number of hydrogen-bond donors (Lipinski definition) is 0. The Hall–Kier alpha value is -1.77. The number of nitriles is 1. The molecule has 17 heavy (non-hydrogen) atoms. The molecule has 0 aromatic heterocycles. The second kappa shape index (κ2) is 5.04. The summed E-state index contributed by atoms with van der Waals surface area (Å²) in [6.45, 7) is 1.11. The zero-order chi connectivity index (χ0) is 12.3. The van der Waals surface area contributed by atoms with E-state index in [1.54, 1.807) is 12.1 Å². The highest BCUT2D eigenvalue weighted by molar-refractivity contribution is 5.55. The highest BCUT2D eigenvalue weighted by Gasteiger charge is 2.22. The summed E-state index contributed by atoms with van der Waals surface area (Å²) in [7, 11) is 3.03. The maximum absolute atomic E-state index is 9.07. The summed E-state index contributed by atoms with van der Waals surface area (Å²) in [6.07, 6.45) is -0.429. The Labute approximate surface area is 99.5 Å². The molecule has 1 aromatic rings. The molecule has 1 fully saturated rings. The molecule has 0 saturated carbocycles. The lowest BCUT2D eigenvalue weighted by Gasteiger charge is -2.14. The zero-order valence-corrected chi connectivity index (χ0v) is 9.73. The standard InChI is InChI=1S/C12H13NO4/c1-14-10-6-8(12-16-3-4-17-12)5-9(7-13)11(10)15-2/h5-6,12H,3-4H2,1-2H3. The first-order valence-electron chi connectivity index (χ1n) is 5.19. The fourth-order valence-electron chi connectivity index (χ4n) is 1.76. The first-order chi connectivity index (χ1) is 8.30. The molecule has 0 atom stereocenters. The third kappa shape index (κ3) is 2.18. The van der Waals surface area contributed by atoms with Crippen LogP contribution in [0.25, 0.3) is 0 Å². The first-order valence-corrected chi connectivity index (χ1v) is 5.19. The van der Waals surface area contributed by atoms with Crippen LogP contribution in [-0.4, -0.2) is 27.4 Å². The second-order valence-electron chi connectivity index (χ2n) is 3.49. The highest BCUT2D eigenvalue weighted by Crippen LogP contribution is 2.36. The van der Waals surface area contributed by atoms with E-state index < -0.39 is 6.29 Å². The van der Waals surface area contributed by atoms with Crippen molar-refractivity contribution in [3.05, 3.63) is 23.3 Å². The third-order valence-corrected chi connectivity index (χ3v) is 2.52. The number of methoxy groups -OCH3 is 2. The van der Waals surface area contributed by atoms with Crippen LogP contribution < -0.4 is 9.47 Å². The molecule has 5 heteroatoms. The van der Waals surface area contributed by atoms with Crippen LogP contribution in [0.5, 0.6) is 11.5 Å². The van der Waals surface area contributed by atoms with E-state index in [0.717, 1.165) is 5.56 Å². The number of nitrogens with zero attached hydrogens (tertiary/aromatic N) is 1. The topological polar surface area (TPSA) is 60.7 Å². The average Bonchev–Trinajstić information content (AvgIpc) is 2.90. The van der Waals surface area contributed by atoms with Gasteiger partial charge in [-0.1, -0.05) is 0 Å². The van der Waals surface area contributed by atoms with E-state index in [1.165, 1.54) is 14.2 Å². The predicted octanol–water partition coefficient (Wildman–Crippen LogP) is 1.62. The summed E-state index contributed by atoms with van der Waals surface area (Å²) in [6, 6.07) is 5.52. The highest BCUT2D eigenvalue weighted by atomic mass is 16.7. The van der Waals surface area contributed by atoms with Gasteiger partial charge in [-0.2, -0.15) is 5.26 Å². The SMILES string of the molecule is COc1cc(C2OCCO2)cc(C#N)c1OC. The lowest BCUT2D eigenvalue weighted by molar-refractivity contribution is -0.0442. The van der Waals surface area contributed by atoms with Gasteiger partial charge < -0.3 is 18.9 Å².